The topological polar surface area (TPSA) is 38.3 Å². The van der Waals surface area contributed by atoms with Crippen molar-refractivity contribution in [3.8, 4) is 0 Å². The van der Waals surface area contributed by atoms with Crippen LogP contribution in [0.5, 0.6) is 0 Å². The van der Waals surface area contributed by atoms with E-state index < -0.39 is 0 Å². The van der Waals surface area contributed by atoms with Crippen molar-refractivity contribution in [1.82, 2.24) is 5.32 Å². The maximum absolute atomic E-state index is 5.68. The van der Waals surface area contributed by atoms with Crippen molar-refractivity contribution in [3.63, 3.8) is 0 Å². The van der Waals surface area contributed by atoms with Gasteiger partial charge < -0.3 is 14.2 Å². The summed E-state index contributed by atoms with van der Waals surface area (Å²) in [4.78, 5) is 0. The van der Waals surface area contributed by atoms with Crippen LogP contribution >= 0.6 is 11.8 Å². The third kappa shape index (κ3) is 3.41. The molecule has 0 unspecified atom stereocenters. The molecular formula is C13H17NO2S. The van der Waals surface area contributed by atoms with Crippen molar-refractivity contribution in [1.29, 1.82) is 0 Å². The molecule has 92 valence electrons. The Morgan fingerprint density at radius 1 is 1.29 bits per heavy atom. The summed E-state index contributed by atoms with van der Waals surface area (Å²) in [6, 6.07) is 8.12. The number of rotatable bonds is 6. The molecule has 4 heteroatoms. The minimum absolute atomic E-state index is 0.194. The molecule has 0 saturated heterocycles. The molecule has 0 spiro atoms. The van der Waals surface area contributed by atoms with E-state index in [4.69, 9.17) is 8.83 Å². The number of thioether (sulfide) groups is 1. The van der Waals surface area contributed by atoms with Crippen molar-refractivity contribution >= 4 is 11.8 Å². The molecule has 1 N–H and O–H groups in total. The molecule has 2 rings (SSSR count). The van der Waals surface area contributed by atoms with Crippen LogP contribution in [0.3, 0.4) is 0 Å². The van der Waals surface area contributed by atoms with Gasteiger partial charge in [-0.15, -0.1) is 0 Å². The van der Waals surface area contributed by atoms with E-state index in [1.807, 2.05) is 24.3 Å². The number of hydrogen-bond acceptors (Lipinski definition) is 4. The molecule has 0 radical (unpaired) electrons. The molecule has 17 heavy (non-hydrogen) atoms. The number of hydrogen-bond donors (Lipinski definition) is 1. The lowest BCUT2D eigenvalue weighted by molar-refractivity contribution is 0.401. The second-order valence-electron chi connectivity index (χ2n) is 3.92. The first-order valence-corrected chi connectivity index (χ1v) is 7.02. The van der Waals surface area contributed by atoms with Crippen molar-refractivity contribution in [2.24, 2.45) is 0 Å². The Hall–Kier alpha value is -1.13. The molecule has 1 atom stereocenters. The van der Waals surface area contributed by atoms with Crippen LogP contribution in [0.15, 0.2) is 39.4 Å². The van der Waals surface area contributed by atoms with Crippen LogP contribution in [-0.4, -0.2) is 6.26 Å². The van der Waals surface area contributed by atoms with Crippen LogP contribution in [0.2, 0.25) is 0 Å². The summed E-state index contributed by atoms with van der Waals surface area (Å²) in [5, 5.41) is 3.36. The molecule has 3 nitrogen and oxygen atoms in total. The SMILES string of the molecule is CSCc1ccc(CN[C@H](C)c2ccco2)o1. The van der Waals surface area contributed by atoms with E-state index in [1.165, 1.54) is 0 Å². The third-order valence-corrected chi connectivity index (χ3v) is 3.13. The highest BCUT2D eigenvalue weighted by Gasteiger charge is 2.08. The molecule has 0 bridgehead atoms. The summed E-state index contributed by atoms with van der Waals surface area (Å²) in [7, 11) is 0. The van der Waals surface area contributed by atoms with Crippen LogP contribution in [0.25, 0.3) is 0 Å². The second kappa shape index (κ2) is 5.98. The van der Waals surface area contributed by atoms with Crippen LogP contribution in [0.1, 0.15) is 30.2 Å². The minimum atomic E-state index is 0.194. The zero-order valence-electron chi connectivity index (χ0n) is 10.1. The molecule has 2 aromatic rings. The highest BCUT2D eigenvalue weighted by atomic mass is 32.2. The molecule has 2 aromatic heterocycles. The Balaban J connectivity index is 1.84. The fraction of sp³-hybridized carbons (Fsp3) is 0.385. The Morgan fingerprint density at radius 2 is 2.12 bits per heavy atom. The summed E-state index contributed by atoms with van der Waals surface area (Å²) in [5.41, 5.74) is 0. The molecule has 0 aliphatic carbocycles. The Bertz CT molecular complexity index is 436. The maximum Gasteiger partial charge on any atom is 0.120 e. The van der Waals surface area contributed by atoms with Crippen molar-refractivity contribution in [3.05, 3.63) is 47.8 Å². The molecule has 0 fully saturated rings. The zero-order chi connectivity index (χ0) is 12.1. The predicted octanol–water partition coefficient (Wildman–Crippen LogP) is 3.59. The largest absolute Gasteiger partial charge is 0.468 e. The van der Waals surface area contributed by atoms with Gasteiger partial charge in [-0.3, -0.25) is 0 Å². The first-order valence-electron chi connectivity index (χ1n) is 5.63. The van der Waals surface area contributed by atoms with E-state index in [-0.39, 0.29) is 6.04 Å². The highest BCUT2D eigenvalue weighted by molar-refractivity contribution is 7.97. The summed E-state index contributed by atoms with van der Waals surface area (Å²) in [6.07, 6.45) is 3.76. The van der Waals surface area contributed by atoms with Gasteiger partial charge in [0.25, 0.3) is 0 Å². The standard InChI is InChI=1S/C13H17NO2S/c1-10(13-4-3-7-15-13)14-8-11-5-6-12(16-11)9-17-2/h3-7,10,14H,8-9H2,1-2H3/t10-/m1/s1. The Morgan fingerprint density at radius 3 is 2.82 bits per heavy atom. The average Bonchev–Trinajstić information content (AvgIpc) is 2.97. The number of furan rings is 2. The average molecular weight is 251 g/mol. The lowest BCUT2D eigenvalue weighted by atomic mass is 10.2. The third-order valence-electron chi connectivity index (χ3n) is 2.56. The van der Waals surface area contributed by atoms with Crippen molar-refractivity contribution in [2.75, 3.05) is 6.26 Å². The van der Waals surface area contributed by atoms with E-state index in [0.29, 0.717) is 0 Å². The van der Waals surface area contributed by atoms with Gasteiger partial charge in [0.2, 0.25) is 0 Å². The van der Waals surface area contributed by atoms with Crippen LogP contribution in [0, 0.1) is 0 Å². The highest BCUT2D eigenvalue weighted by Crippen LogP contribution is 2.16. The van der Waals surface area contributed by atoms with Gasteiger partial charge in [-0.1, -0.05) is 0 Å². The van der Waals surface area contributed by atoms with Gasteiger partial charge in [0.15, 0.2) is 0 Å². The van der Waals surface area contributed by atoms with Gasteiger partial charge in [0.1, 0.15) is 17.3 Å². The summed E-state index contributed by atoms with van der Waals surface area (Å²) in [6.45, 7) is 2.79. The molecule has 0 aromatic carbocycles. The summed E-state index contributed by atoms with van der Waals surface area (Å²) in [5.74, 6) is 3.86. The fourth-order valence-electron chi connectivity index (χ4n) is 1.63. The monoisotopic (exact) mass is 251 g/mol. The molecule has 0 amide bonds. The molecule has 0 aliphatic rings. The maximum atomic E-state index is 5.68. The lowest BCUT2D eigenvalue weighted by Crippen LogP contribution is -2.17. The lowest BCUT2D eigenvalue weighted by Gasteiger charge is -2.09. The smallest absolute Gasteiger partial charge is 0.120 e. The first-order chi connectivity index (χ1) is 8.29. The van der Waals surface area contributed by atoms with Gasteiger partial charge in [-0.05, 0) is 37.4 Å². The quantitative estimate of drug-likeness (QED) is 0.851. The minimum Gasteiger partial charge on any atom is -0.468 e. The molecule has 0 saturated carbocycles. The zero-order valence-corrected chi connectivity index (χ0v) is 10.9. The van der Waals surface area contributed by atoms with E-state index in [2.05, 4.69) is 18.5 Å². The van der Waals surface area contributed by atoms with Crippen molar-refractivity contribution < 1.29 is 8.83 Å². The van der Waals surface area contributed by atoms with Crippen LogP contribution in [0.4, 0.5) is 0 Å². The van der Waals surface area contributed by atoms with Gasteiger partial charge in [-0.25, -0.2) is 0 Å². The van der Waals surface area contributed by atoms with Crippen LogP contribution in [-0.2, 0) is 12.3 Å². The van der Waals surface area contributed by atoms with Crippen molar-refractivity contribution in [2.45, 2.75) is 25.3 Å². The molecule has 0 aliphatic heterocycles. The van der Waals surface area contributed by atoms with E-state index in [9.17, 15) is 0 Å². The van der Waals surface area contributed by atoms with E-state index >= 15 is 0 Å². The number of nitrogens with one attached hydrogen (secondary N) is 1. The normalized spacial score (nSPS) is 12.8. The summed E-state index contributed by atoms with van der Waals surface area (Å²) < 4.78 is 11.0. The molecule has 2 heterocycles. The van der Waals surface area contributed by atoms with Crippen LogP contribution < -0.4 is 5.32 Å². The molecular weight excluding hydrogens is 234 g/mol. The van der Waals surface area contributed by atoms with Gasteiger partial charge >= 0.3 is 0 Å². The fourth-order valence-corrected chi connectivity index (χ4v) is 2.07. The van der Waals surface area contributed by atoms with E-state index in [1.54, 1.807) is 18.0 Å². The Labute approximate surface area is 106 Å². The van der Waals surface area contributed by atoms with E-state index in [0.717, 1.165) is 29.6 Å². The van der Waals surface area contributed by atoms with Gasteiger partial charge in [-0.2, -0.15) is 11.8 Å². The Kier molecular flexibility index (Phi) is 4.34. The predicted molar refractivity (Wildman–Crippen MR) is 69.9 cm³/mol. The van der Waals surface area contributed by atoms with Gasteiger partial charge in [0, 0.05) is 0 Å². The summed E-state index contributed by atoms with van der Waals surface area (Å²) >= 11 is 1.76. The first kappa shape index (κ1) is 12.3. The second-order valence-corrected chi connectivity index (χ2v) is 4.79. The van der Waals surface area contributed by atoms with Gasteiger partial charge in [0.05, 0.1) is 24.6 Å².